The molecule has 0 fully saturated rings. The van der Waals surface area contributed by atoms with E-state index >= 15 is 0 Å². The van der Waals surface area contributed by atoms with E-state index in [0.29, 0.717) is 6.42 Å². The van der Waals surface area contributed by atoms with Crippen molar-refractivity contribution in [1.82, 2.24) is 0 Å². The van der Waals surface area contributed by atoms with Crippen LogP contribution >= 0.6 is 0 Å². The molecule has 0 saturated heterocycles. The third-order valence-corrected chi connectivity index (χ3v) is 0.618. The summed E-state index contributed by atoms with van der Waals surface area (Å²) in [5.41, 5.74) is 12.9. The summed E-state index contributed by atoms with van der Waals surface area (Å²) in [6.45, 7) is 1.86. The first-order chi connectivity index (χ1) is 3.31. The van der Waals surface area contributed by atoms with E-state index in [9.17, 15) is 0 Å². The highest BCUT2D eigenvalue weighted by Gasteiger charge is 1.87. The van der Waals surface area contributed by atoms with Gasteiger partial charge in [-0.3, -0.25) is 0 Å². The normalized spacial score (nSPS) is 12.3. The second-order valence-corrected chi connectivity index (χ2v) is 1.18. The Morgan fingerprint density at radius 2 is 2.57 bits per heavy atom. The molecule has 0 radical (unpaired) electrons. The molecule has 1 atom stereocenters. The Bertz CT molecular complexity index is 82.9. The molecule has 40 valence electrons. The van der Waals surface area contributed by atoms with Crippen LogP contribution < -0.4 is 5.73 Å². The zero-order chi connectivity index (χ0) is 5.70. The molecule has 0 amide bonds. The second kappa shape index (κ2) is 3.46. The van der Waals surface area contributed by atoms with Gasteiger partial charge in [0.2, 0.25) is 0 Å². The molecule has 0 saturated carbocycles. The maximum absolute atomic E-state index is 7.75. The summed E-state index contributed by atoms with van der Waals surface area (Å²) < 4.78 is 0. The Labute approximate surface area is 41.9 Å². The average molecular weight is 100 g/mol. The van der Waals surface area contributed by atoms with Gasteiger partial charge in [0.25, 0.3) is 0 Å². The number of nitrogens with zero attached hydrogens (tertiary/aromatic N) is 3. The van der Waals surface area contributed by atoms with E-state index in [-0.39, 0.29) is 6.17 Å². The van der Waals surface area contributed by atoms with Gasteiger partial charge in [-0.25, -0.2) is 0 Å². The number of hydrogen-bond donors (Lipinski definition) is 1. The van der Waals surface area contributed by atoms with Crippen molar-refractivity contribution in [3.8, 4) is 0 Å². The molecule has 0 aromatic rings. The Kier molecular flexibility index (Phi) is 3.10. The third-order valence-electron chi connectivity index (χ3n) is 0.618. The van der Waals surface area contributed by atoms with Gasteiger partial charge >= 0.3 is 0 Å². The van der Waals surface area contributed by atoms with E-state index in [4.69, 9.17) is 11.3 Å². The molecule has 0 spiro atoms. The van der Waals surface area contributed by atoms with Crippen molar-refractivity contribution >= 4 is 0 Å². The van der Waals surface area contributed by atoms with Crippen LogP contribution in [0.3, 0.4) is 0 Å². The van der Waals surface area contributed by atoms with Crippen LogP contribution in [0.5, 0.6) is 0 Å². The van der Waals surface area contributed by atoms with Crippen LogP contribution in [0.2, 0.25) is 0 Å². The van der Waals surface area contributed by atoms with E-state index in [1.807, 2.05) is 6.92 Å². The Balaban J connectivity index is 3.35. The van der Waals surface area contributed by atoms with Gasteiger partial charge in [0.05, 0.1) is 6.17 Å². The lowest BCUT2D eigenvalue weighted by Gasteiger charge is -1.92. The molecular weight excluding hydrogens is 92.1 g/mol. The zero-order valence-corrected chi connectivity index (χ0v) is 4.20. The third kappa shape index (κ3) is 3.09. The van der Waals surface area contributed by atoms with Crippen molar-refractivity contribution in [2.75, 3.05) is 0 Å². The molecule has 0 aliphatic heterocycles. The summed E-state index contributed by atoms with van der Waals surface area (Å²) in [6.07, 6.45) is 0.356. The smallest absolute Gasteiger partial charge is 0.0833 e. The summed E-state index contributed by atoms with van der Waals surface area (Å²) in [7, 11) is 0. The predicted molar refractivity (Wildman–Crippen MR) is 27.4 cm³/mol. The summed E-state index contributed by atoms with van der Waals surface area (Å²) in [6, 6.07) is 0. The molecule has 4 nitrogen and oxygen atoms in total. The molecule has 1 unspecified atom stereocenters. The van der Waals surface area contributed by atoms with Gasteiger partial charge in [0.15, 0.2) is 0 Å². The van der Waals surface area contributed by atoms with Crippen LogP contribution in [0.4, 0.5) is 0 Å². The van der Waals surface area contributed by atoms with Crippen LogP contribution in [0, 0.1) is 0 Å². The van der Waals surface area contributed by atoms with Crippen LogP contribution in [-0.4, -0.2) is 6.17 Å². The molecule has 0 heterocycles. The maximum Gasteiger partial charge on any atom is 0.0833 e. The van der Waals surface area contributed by atoms with Crippen LogP contribution in [0.25, 0.3) is 10.4 Å². The topological polar surface area (TPSA) is 74.8 Å². The fraction of sp³-hybridized carbons (Fsp3) is 1.00. The summed E-state index contributed by atoms with van der Waals surface area (Å²) >= 11 is 0. The molecule has 7 heavy (non-hydrogen) atoms. The lowest BCUT2D eigenvalue weighted by atomic mass is 10.4. The Hall–Kier alpha value is -0.730. The zero-order valence-electron chi connectivity index (χ0n) is 4.20. The van der Waals surface area contributed by atoms with Crippen molar-refractivity contribution in [2.45, 2.75) is 19.5 Å². The molecule has 0 aliphatic carbocycles. The highest BCUT2D eigenvalue weighted by atomic mass is 15.2. The van der Waals surface area contributed by atoms with E-state index in [1.54, 1.807) is 0 Å². The largest absolute Gasteiger partial charge is 0.323 e. The quantitative estimate of drug-likeness (QED) is 0.313. The molecule has 0 aromatic carbocycles. The number of hydrogen-bond acceptors (Lipinski definition) is 2. The summed E-state index contributed by atoms with van der Waals surface area (Å²) in [4.78, 5) is 2.51. The lowest BCUT2D eigenvalue weighted by molar-refractivity contribution is 0.676. The second-order valence-electron chi connectivity index (χ2n) is 1.18. The molecule has 2 N–H and O–H groups in total. The molecule has 0 aromatic heterocycles. The SMILES string of the molecule is CCC(N)N=[N+]=[N-]. The van der Waals surface area contributed by atoms with Gasteiger partial charge in [-0.05, 0) is 12.0 Å². The van der Waals surface area contributed by atoms with Crippen molar-refractivity contribution in [3.63, 3.8) is 0 Å². The van der Waals surface area contributed by atoms with Crippen LogP contribution in [0.15, 0.2) is 5.11 Å². The van der Waals surface area contributed by atoms with Gasteiger partial charge in [-0.15, -0.1) is 0 Å². The van der Waals surface area contributed by atoms with Crippen molar-refractivity contribution in [1.29, 1.82) is 0 Å². The molecule has 4 heteroatoms. The first-order valence-corrected chi connectivity index (χ1v) is 2.11. The van der Waals surface area contributed by atoms with Crippen molar-refractivity contribution in [3.05, 3.63) is 10.4 Å². The van der Waals surface area contributed by atoms with Crippen LogP contribution in [0.1, 0.15) is 13.3 Å². The lowest BCUT2D eigenvalue weighted by Crippen LogP contribution is -2.13. The average Bonchev–Trinajstić information content (AvgIpc) is 1.68. The molecule has 0 rings (SSSR count). The van der Waals surface area contributed by atoms with Crippen molar-refractivity contribution < 1.29 is 0 Å². The monoisotopic (exact) mass is 100 g/mol. The first kappa shape index (κ1) is 6.27. The summed E-state index contributed by atoms with van der Waals surface area (Å²) in [5.74, 6) is 0. The van der Waals surface area contributed by atoms with Crippen molar-refractivity contribution in [2.24, 2.45) is 10.8 Å². The van der Waals surface area contributed by atoms with Crippen LogP contribution in [-0.2, 0) is 0 Å². The maximum atomic E-state index is 7.75. The molecule has 0 aliphatic rings. The summed E-state index contributed by atoms with van der Waals surface area (Å²) in [5, 5.41) is 3.20. The standard InChI is InChI=1S/C3H8N4/c1-2-3(4)6-7-5/h3H,2,4H2,1H3. The highest BCUT2D eigenvalue weighted by Crippen LogP contribution is 1.85. The van der Waals surface area contributed by atoms with E-state index < -0.39 is 0 Å². The van der Waals surface area contributed by atoms with Gasteiger partial charge in [0, 0.05) is 4.91 Å². The molecular formula is C3H8N4. The van der Waals surface area contributed by atoms with Gasteiger partial charge in [-0.1, -0.05) is 12.0 Å². The van der Waals surface area contributed by atoms with E-state index in [2.05, 4.69) is 10.0 Å². The Morgan fingerprint density at radius 1 is 2.00 bits per heavy atom. The Morgan fingerprint density at radius 3 is 2.71 bits per heavy atom. The number of nitrogens with two attached hydrogens (primary N) is 1. The van der Waals surface area contributed by atoms with Gasteiger partial charge in [-0.2, -0.15) is 0 Å². The predicted octanol–water partition coefficient (Wildman–Crippen LogP) is 0.992. The minimum atomic E-state index is -0.343. The number of azide groups is 1. The van der Waals surface area contributed by atoms with Gasteiger partial charge in [0.1, 0.15) is 0 Å². The molecule has 0 bridgehead atoms. The minimum absolute atomic E-state index is 0.343. The fourth-order valence-corrected chi connectivity index (χ4v) is 0.148. The fourth-order valence-electron chi connectivity index (χ4n) is 0.148. The van der Waals surface area contributed by atoms with E-state index in [1.165, 1.54) is 0 Å². The minimum Gasteiger partial charge on any atom is -0.323 e. The number of rotatable bonds is 2. The highest BCUT2D eigenvalue weighted by molar-refractivity contribution is 4.53. The van der Waals surface area contributed by atoms with Gasteiger partial charge < -0.3 is 5.73 Å². The first-order valence-electron chi connectivity index (χ1n) is 2.11. The van der Waals surface area contributed by atoms with E-state index in [0.717, 1.165) is 0 Å².